The lowest BCUT2D eigenvalue weighted by molar-refractivity contribution is -0.127. The molecule has 0 aromatic heterocycles. The van der Waals surface area contributed by atoms with Gasteiger partial charge in [0.2, 0.25) is 0 Å². The van der Waals surface area contributed by atoms with Crippen molar-refractivity contribution in [3.8, 4) is 0 Å². The van der Waals surface area contributed by atoms with Crippen LogP contribution in [-0.2, 0) is 4.79 Å². The van der Waals surface area contributed by atoms with Crippen molar-refractivity contribution >= 4 is 63.8 Å². The van der Waals surface area contributed by atoms with Gasteiger partial charge in [-0.2, -0.15) is 0 Å². The Hall–Kier alpha value is 1.12. The summed E-state index contributed by atoms with van der Waals surface area (Å²) in [5.41, 5.74) is 0. The zero-order chi connectivity index (χ0) is 12.8. The maximum absolute atomic E-state index is 12.4. The summed E-state index contributed by atoms with van der Waals surface area (Å²) in [6.07, 6.45) is 0.908. The van der Waals surface area contributed by atoms with E-state index in [0.29, 0.717) is 11.7 Å². The van der Waals surface area contributed by atoms with E-state index in [2.05, 4.69) is 0 Å². The summed E-state index contributed by atoms with van der Waals surface area (Å²) in [5, 5.41) is -0.405. The van der Waals surface area contributed by atoms with Crippen LogP contribution in [0.2, 0.25) is 0 Å². The molecule has 5 aliphatic carbocycles. The Kier molecular flexibility index (Phi) is 1.78. The zero-order valence-electron chi connectivity index (χ0n) is 9.05. The summed E-state index contributed by atoms with van der Waals surface area (Å²) in [7, 11) is 0. The van der Waals surface area contributed by atoms with Crippen molar-refractivity contribution in [2.45, 2.75) is 25.9 Å². The molecule has 4 bridgehead atoms. The van der Waals surface area contributed by atoms with Crippen molar-refractivity contribution in [1.82, 2.24) is 0 Å². The van der Waals surface area contributed by atoms with Gasteiger partial charge in [0.1, 0.15) is 5.78 Å². The van der Waals surface area contributed by atoms with Crippen LogP contribution in [0.1, 0.15) is 6.42 Å². The summed E-state index contributed by atoms with van der Waals surface area (Å²) >= 11 is 33.4. The molecule has 0 saturated heterocycles. The molecule has 0 heterocycles. The van der Waals surface area contributed by atoms with Crippen molar-refractivity contribution in [3.63, 3.8) is 0 Å². The number of hydrogen-bond acceptors (Lipinski definition) is 1. The summed E-state index contributed by atoms with van der Waals surface area (Å²) in [5.74, 6) is 0.493. The summed E-state index contributed by atoms with van der Waals surface area (Å²) in [6, 6.07) is 0. The highest BCUT2D eigenvalue weighted by atomic mass is 35.5. The van der Waals surface area contributed by atoms with Crippen LogP contribution in [0.4, 0.5) is 0 Å². The molecular formula is C12H9Cl5O. The first-order valence-electron chi connectivity index (χ1n) is 6.23. The Morgan fingerprint density at radius 1 is 1.00 bits per heavy atom. The van der Waals surface area contributed by atoms with Crippen LogP contribution in [0.15, 0.2) is 0 Å². The molecule has 98 valence electrons. The second-order valence-electron chi connectivity index (χ2n) is 6.52. The first kappa shape index (κ1) is 11.7. The van der Waals surface area contributed by atoms with E-state index in [1.807, 2.05) is 0 Å². The van der Waals surface area contributed by atoms with Gasteiger partial charge >= 0.3 is 0 Å². The van der Waals surface area contributed by atoms with Crippen molar-refractivity contribution in [1.29, 1.82) is 0 Å². The topological polar surface area (TPSA) is 17.1 Å². The molecule has 0 aromatic carbocycles. The van der Waals surface area contributed by atoms with Gasteiger partial charge in [0.15, 0.2) is 4.33 Å². The molecule has 0 aliphatic heterocycles. The lowest BCUT2D eigenvalue weighted by atomic mass is 9.76. The van der Waals surface area contributed by atoms with Gasteiger partial charge in [-0.3, -0.25) is 4.79 Å². The number of carbonyl (C=O) groups excluding carboxylic acids is 1. The first-order valence-corrected chi connectivity index (χ1v) is 8.18. The van der Waals surface area contributed by atoms with Crippen LogP contribution in [0.25, 0.3) is 0 Å². The Morgan fingerprint density at radius 3 is 2.33 bits per heavy atom. The average molecular weight is 346 g/mol. The second kappa shape index (κ2) is 2.73. The molecular weight excluding hydrogens is 337 g/mol. The third-order valence-corrected chi connectivity index (χ3v) is 10.4. The van der Waals surface area contributed by atoms with E-state index in [1.165, 1.54) is 0 Å². The third kappa shape index (κ3) is 0.711. The van der Waals surface area contributed by atoms with E-state index in [0.717, 1.165) is 6.42 Å². The average Bonchev–Trinajstić information content (AvgIpc) is 2.90. The fraction of sp³-hybridized carbons (Fsp3) is 0.917. The molecule has 5 saturated carbocycles. The number of hydrogen-bond donors (Lipinski definition) is 0. The van der Waals surface area contributed by atoms with Gasteiger partial charge in [0, 0.05) is 17.8 Å². The predicted octanol–water partition coefficient (Wildman–Crippen LogP) is 3.45. The van der Waals surface area contributed by atoms with Crippen molar-refractivity contribution in [2.75, 3.05) is 0 Å². The maximum atomic E-state index is 12.4. The molecule has 5 aliphatic rings. The molecule has 9 atom stereocenters. The Balaban J connectivity index is 1.91. The Labute approximate surface area is 129 Å². The van der Waals surface area contributed by atoms with E-state index >= 15 is 0 Å². The van der Waals surface area contributed by atoms with E-state index in [1.54, 1.807) is 0 Å². The standard InChI is InChI=1S/C12H9Cl5O/c13-9-7-4-2-1-3(8(4)18)6-5(2)10(7,14)12(16,17)11(6,9)15/h2-7,9H,1H2/t2-,3-,4+,5+,6-,7-,9-,10+,11-/m1/s1. The molecule has 0 amide bonds. The first-order chi connectivity index (χ1) is 8.29. The van der Waals surface area contributed by atoms with Crippen LogP contribution >= 0.6 is 58.0 Å². The summed E-state index contributed by atoms with van der Waals surface area (Å²) in [6.45, 7) is 0. The minimum atomic E-state index is -1.23. The van der Waals surface area contributed by atoms with Gasteiger partial charge in [-0.05, 0) is 24.2 Å². The van der Waals surface area contributed by atoms with Gasteiger partial charge in [0.05, 0.1) is 15.1 Å². The van der Waals surface area contributed by atoms with Crippen LogP contribution in [0.5, 0.6) is 0 Å². The van der Waals surface area contributed by atoms with Crippen LogP contribution < -0.4 is 0 Å². The summed E-state index contributed by atoms with van der Waals surface area (Å²) in [4.78, 5) is 10.7. The van der Waals surface area contributed by atoms with E-state index in [4.69, 9.17) is 58.0 Å². The lowest BCUT2D eigenvalue weighted by Gasteiger charge is -2.37. The third-order valence-electron chi connectivity index (χ3n) is 6.48. The molecule has 0 unspecified atom stereocenters. The number of rotatable bonds is 0. The van der Waals surface area contributed by atoms with Crippen molar-refractivity contribution < 1.29 is 4.79 Å². The van der Waals surface area contributed by atoms with Gasteiger partial charge < -0.3 is 0 Å². The molecule has 5 rings (SSSR count). The number of halogens is 5. The lowest BCUT2D eigenvalue weighted by Crippen LogP contribution is -2.48. The molecule has 0 radical (unpaired) electrons. The molecule has 18 heavy (non-hydrogen) atoms. The predicted molar refractivity (Wildman–Crippen MR) is 71.8 cm³/mol. The van der Waals surface area contributed by atoms with Gasteiger partial charge in [0.25, 0.3) is 0 Å². The van der Waals surface area contributed by atoms with Crippen LogP contribution in [-0.4, -0.2) is 25.2 Å². The van der Waals surface area contributed by atoms with Crippen LogP contribution in [0.3, 0.4) is 0 Å². The van der Waals surface area contributed by atoms with E-state index in [-0.39, 0.29) is 29.6 Å². The van der Waals surface area contributed by atoms with Gasteiger partial charge in [-0.1, -0.05) is 23.2 Å². The molecule has 0 N–H and O–H groups in total. The monoisotopic (exact) mass is 344 g/mol. The normalized spacial score (nSPS) is 72.9. The molecule has 5 fully saturated rings. The SMILES string of the molecule is O=C1[C@H]2[C@H]3C[C@@H]1[C@@H]1[C@H]3[C@]3(Cl)[C@H]2[C@@H](Cl)[C@@]1(Cl)C3(Cl)Cl. The van der Waals surface area contributed by atoms with Gasteiger partial charge in [-0.25, -0.2) is 0 Å². The fourth-order valence-corrected chi connectivity index (χ4v) is 9.39. The fourth-order valence-electron chi connectivity index (χ4n) is 6.21. The smallest absolute Gasteiger partial charge is 0.158 e. The zero-order valence-corrected chi connectivity index (χ0v) is 12.8. The highest BCUT2D eigenvalue weighted by molar-refractivity contribution is 6.61. The second-order valence-corrected chi connectivity index (χ2v) is 9.57. The number of fused-ring (bicyclic) bond motifs is 5. The highest BCUT2D eigenvalue weighted by Gasteiger charge is 2.95. The Bertz CT molecular complexity index is 511. The maximum Gasteiger partial charge on any atom is 0.158 e. The molecule has 0 aromatic rings. The number of Topliss-reactive ketones (excluding diaryl/α,β-unsaturated/α-hetero) is 1. The number of carbonyl (C=O) groups is 1. The molecule has 6 heteroatoms. The minimum absolute atomic E-state index is 0.0197. The van der Waals surface area contributed by atoms with Crippen LogP contribution in [0, 0.1) is 35.5 Å². The van der Waals surface area contributed by atoms with Gasteiger partial charge in [-0.15, -0.1) is 34.8 Å². The quantitative estimate of drug-likeness (QED) is 0.614. The minimum Gasteiger partial charge on any atom is -0.299 e. The highest BCUT2D eigenvalue weighted by Crippen LogP contribution is 2.88. The van der Waals surface area contributed by atoms with Crippen molar-refractivity contribution in [3.05, 3.63) is 0 Å². The van der Waals surface area contributed by atoms with Crippen molar-refractivity contribution in [2.24, 2.45) is 35.5 Å². The molecule has 1 nitrogen and oxygen atoms in total. The molecule has 0 spiro atoms. The summed E-state index contributed by atoms with van der Waals surface area (Å²) < 4.78 is -1.23. The Morgan fingerprint density at radius 2 is 1.67 bits per heavy atom. The van der Waals surface area contributed by atoms with E-state index in [9.17, 15) is 4.79 Å². The van der Waals surface area contributed by atoms with E-state index < -0.39 is 19.5 Å². The number of alkyl halides is 5. The number of ketones is 1. The largest absolute Gasteiger partial charge is 0.299 e.